The number of phenolic OH excluding ortho intramolecular Hbond substituents is 1. The summed E-state index contributed by atoms with van der Waals surface area (Å²) >= 11 is 0. The van der Waals surface area contributed by atoms with Crippen molar-refractivity contribution in [2.24, 2.45) is 0 Å². The molecule has 0 aromatic heterocycles. The lowest BCUT2D eigenvalue weighted by atomic mass is 9.87. The second-order valence-corrected chi connectivity index (χ2v) is 10.9. The van der Waals surface area contributed by atoms with Crippen molar-refractivity contribution in [1.29, 1.82) is 0 Å². The van der Waals surface area contributed by atoms with E-state index in [1.165, 1.54) is 40.6 Å². The van der Waals surface area contributed by atoms with Gasteiger partial charge in [0.25, 0.3) is 10.0 Å². The van der Waals surface area contributed by atoms with Crippen LogP contribution in [0.5, 0.6) is 28.7 Å². The number of sulfonamides is 1. The Morgan fingerprint density at radius 3 is 1.97 bits per heavy atom. The van der Waals surface area contributed by atoms with Crippen LogP contribution >= 0.6 is 0 Å². The zero-order valence-corrected chi connectivity index (χ0v) is 22.9. The van der Waals surface area contributed by atoms with Gasteiger partial charge in [0.1, 0.15) is 5.69 Å². The number of hydrogen-bond donors (Lipinski definition) is 2. The smallest absolute Gasteiger partial charge is 0.262 e. The molecule has 2 N–H and O–H groups in total. The highest BCUT2D eigenvalue weighted by atomic mass is 32.2. The normalized spacial score (nSPS) is 11.9. The van der Waals surface area contributed by atoms with Crippen LogP contribution in [-0.4, -0.2) is 42.0 Å². The van der Waals surface area contributed by atoms with Gasteiger partial charge in [-0.15, -0.1) is 0 Å². The fourth-order valence-electron chi connectivity index (χ4n) is 3.74. The predicted molar refractivity (Wildman–Crippen MR) is 146 cm³/mol. The molecule has 0 bridgehead atoms. The maximum Gasteiger partial charge on any atom is 0.262 e. The molecular formula is C28H33NO7S. The summed E-state index contributed by atoms with van der Waals surface area (Å²) in [6, 6.07) is 13.3. The Labute approximate surface area is 218 Å². The second kappa shape index (κ2) is 11.0. The molecule has 0 saturated carbocycles. The molecule has 0 fully saturated rings. The number of hydrogen-bond acceptors (Lipinski definition) is 7. The van der Waals surface area contributed by atoms with E-state index in [1.807, 2.05) is 26.8 Å². The molecule has 0 radical (unpaired) electrons. The fourth-order valence-corrected chi connectivity index (χ4v) is 4.88. The number of rotatable bonds is 9. The molecule has 3 rings (SSSR count). The number of aromatic hydroxyl groups is 1. The molecule has 0 unspecified atom stereocenters. The third kappa shape index (κ3) is 6.11. The number of benzene rings is 3. The fraction of sp³-hybridized carbons (Fsp3) is 0.286. The maximum atomic E-state index is 13.4. The van der Waals surface area contributed by atoms with Gasteiger partial charge >= 0.3 is 0 Å². The molecule has 3 aromatic rings. The maximum absolute atomic E-state index is 13.4. The Kier molecular flexibility index (Phi) is 8.28. The van der Waals surface area contributed by atoms with E-state index in [0.29, 0.717) is 28.4 Å². The summed E-state index contributed by atoms with van der Waals surface area (Å²) in [4.78, 5) is 0.102. The first-order chi connectivity index (χ1) is 17.4. The van der Waals surface area contributed by atoms with E-state index in [0.717, 1.165) is 5.56 Å². The third-order valence-electron chi connectivity index (χ3n) is 5.76. The highest BCUT2D eigenvalue weighted by Crippen LogP contribution is 2.41. The minimum atomic E-state index is -4.01. The van der Waals surface area contributed by atoms with Crippen molar-refractivity contribution in [3.8, 4) is 28.7 Å². The van der Waals surface area contributed by atoms with Gasteiger partial charge in [0, 0.05) is 5.56 Å². The zero-order valence-electron chi connectivity index (χ0n) is 22.1. The molecule has 0 aliphatic carbocycles. The number of phenols is 1. The summed E-state index contributed by atoms with van der Waals surface area (Å²) in [6.07, 6.45) is 3.46. The Morgan fingerprint density at radius 1 is 0.811 bits per heavy atom. The number of nitrogens with one attached hydrogen (secondary N) is 1. The first kappa shape index (κ1) is 27.7. The zero-order chi connectivity index (χ0) is 27.4. The largest absolute Gasteiger partial charge is 0.504 e. The van der Waals surface area contributed by atoms with Gasteiger partial charge in [-0.1, -0.05) is 45.1 Å². The Bertz CT molecular complexity index is 1380. The summed E-state index contributed by atoms with van der Waals surface area (Å²) < 4.78 is 51.0. The quantitative estimate of drug-likeness (QED) is 0.344. The van der Waals surface area contributed by atoms with Crippen LogP contribution in [0.25, 0.3) is 12.2 Å². The van der Waals surface area contributed by atoms with Crippen molar-refractivity contribution in [2.45, 2.75) is 31.1 Å². The van der Waals surface area contributed by atoms with E-state index < -0.39 is 10.0 Å². The second-order valence-electron chi connectivity index (χ2n) is 9.26. The molecule has 3 aromatic carbocycles. The Balaban J connectivity index is 2.08. The van der Waals surface area contributed by atoms with Crippen LogP contribution in [0.15, 0.2) is 53.4 Å². The van der Waals surface area contributed by atoms with Crippen molar-refractivity contribution in [3.05, 3.63) is 65.2 Å². The molecular weight excluding hydrogens is 494 g/mol. The molecule has 198 valence electrons. The van der Waals surface area contributed by atoms with Gasteiger partial charge in [0.15, 0.2) is 23.0 Å². The van der Waals surface area contributed by atoms with Crippen molar-refractivity contribution < 1.29 is 32.5 Å². The SMILES string of the molecule is COc1cc(C=Cc2ccc(O)c(OC)c2NS(=O)(=O)c2cccc(C(C)(C)C)c2)cc(OC)c1OC. The number of anilines is 1. The molecule has 37 heavy (non-hydrogen) atoms. The predicted octanol–water partition coefficient (Wildman–Crippen LogP) is 5.70. The molecule has 0 aliphatic heterocycles. The van der Waals surface area contributed by atoms with Gasteiger partial charge in [-0.2, -0.15) is 0 Å². The van der Waals surface area contributed by atoms with Crippen molar-refractivity contribution >= 4 is 27.9 Å². The van der Waals surface area contributed by atoms with Crippen LogP contribution < -0.4 is 23.7 Å². The van der Waals surface area contributed by atoms with Crippen LogP contribution in [0.1, 0.15) is 37.5 Å². The van der Waals surface area contributed by atoms with E-state index in [1.54, 1.807) is 42.5 Å². The topological polar surface area (TPSA) is 103 Å². The van der Waals surface area contributed by atoms with Crippen molar-refractivity contribution in [1.82, 2.24) is 0 Å². The lowest BCUT2D eigenvalue weighted by Crippen LogP contribution is -2.17. The lowest BCUT2D eigenvalue weighted by Gasteiger charge is -2.20. The van der Waals surface area contributed by atoms with Gasteiger partial charge < -0.3 is 24.1 Å². The summed E-state index contributed by atoms with van der Waals surface area (Å²) in [7, 11) is 1.92. The van der Waals surface area contributed by atoms with E-state index in [-0.39, 0.29) is 27.5 Å². The molecule has 0 spiro atoms. The minimum absolute atomic E-state index is 0.00240. The van der Waals surface area contributed by atoms with Gasteiger partial charge in [-0.3, -0.25) is 4.72 Å². The van der Waals surface area contributed by atoms with Gasteiger partial charge in [-0.25, -0.2) is 8.42 Å². The number of methoxy groups -OCH3 is 4. The summed E-state index contributed by atoms with van der Waals surface area (Å²) in [6.45, 7) is 6.03. The van der Waals surface area contributed by atoms with Crippen LogP contribution in [-0.2, 0) is 15.4 Å². The first-order valence-corrected chi connectivity index (χ1v) is 12.9. The average Bonchev–Trinajstić information content (AvgIpc) is 2.87. The monoisotopic (exact) mass is 527 g/mol. The molecule has 8 nitrogen and oxygen atoms in total. The molecule has 9 heteroatoms. The van der Waals surface area contributed by atoms with Gasteiger partial charge in [0.05, 0.1) is 33.3 Å². The average molecular weight is 528 g/mol. The highest BCUT2D eigenvalue weighted by molar-refractivity contribution is 7.92. The van der Waals surface area contributed by atoms with E-state index >= 15 is 0 Å². The molecule has 0 heterocycles. The summed E-state index contributed by atoms with van der Waals surface area (Å²) in [5, 5.41) is 10.4. The standard InChI is InChI=1S/C28H33NO7S/c1-28(2,3)20-9-8-10-21(17-20)37(31,32)29-25-19(13-14-22(30)26(25)35-6)12-11-18-15-23(33-4)27(36-7)24(16-18)34-5/h8-17,29-30H,1-7H3. The molecule has 0 aliphatic rings. The summed E-state index contributed by atoms with van der Waals surface area (Å²) in [5.41, 5.74) is 1.93. The van der Waals surface area contributed by atoms with Crippen LogP contribution in [0.2, 0.25) is 0 Å². The van der Waals surface area contributed by atoms with Crippen molar-refractivity contribution in [2.75, 3.05) is 33.2 Å². The van der Waals surface area contributed by atoms with E-state index in [4.69, 9.17) is 18.9 Å². The minimum Gasteiger partial charge on any atom is -0.504 e. The van der Waals surface area contributed by atoms with Crippen LogP contribution in [0.3, 0.4) is 0 Å². The Morgan fingerprint density at radius 2 is 1.43 bits per heavy atom. The molecule has 0 saturated heterocycles. The van der Waals surface area contributed by atoms with Crippen LogP contribution in [0, 0.1) is 0 Å². The van der Waals surface area contributed by atoms with Crippen molar-refractivity contribution in [3.63, 3.8) is 0 Å². The van der Waals surface area contributed by atoms with E-state index in [9.17, 15) is 13.5 Å². The van der Waals surface area contributed by atoms with Crippen LogP contribution in [0.4, 0.5) is 5.69 Å². The molecule has 0 atom stereocenters. The molecule has 0 amide bonds. The summed E-state index contributed by atoms with van der Waals surface area (Å²) in [5.74, 6) is 1.21. The van der Waals surface area contributed by atoms with Gasteiger partial charge in [0.2, 0.25) is 5.75 Å². The Hall–Kier alpha value is -3.85. The highest BCUT2D eigenvalue weighted by Gasteiger charge is 2.23. The third-order valence-corrected chi connectivity index (χ3v) is 7.11. The lowest BCUT2D eigenvalue weighted by molar-refractivity contribution is 0.324. The van der Waals surface area contributed by atoms with Gasteiger partial charge in [-0.05, 0) is 52.9 Å². The number of ether oxygens (including phenoxy) is 4. The first-order valence-electron chi connectivity index (χ1n) is 11.5. The van der Waals surface area contributed by atoms with E-state index in [2.05, 4.69) is 4.72 Å².